The highest BCUT2D eigenvalue weighted by atomic mass is 32.1. The van der Waals surface area contributed by atoms with Gasteiger partial charge in [-0.2, -0.15) is 0 Å². The van der Waals surface area contributed by atoms with Crippen LogP contribution in [0.25, 0.3) is 22.0 Å². The first-order valence-corrected chi connectivity index (χ1v) is 11.9. The Morgan fingerprint density at radius 2 is 1.91 bits per heavy atom. The molecule has 8 nitrogen and oxygen atoms in total. The molecule has 0 radical (unpaired) electrons. The molecule has 0 spiro atoms. The topological polar surface area (TPSA) is 86.3 Å². The molecule has 9 heteroatoms. The number of nitrogens with one attached hydrogen (secondary N) is 2. The highest BCUT2D eigenvalue weighted by Crippen LogP contribution is 2.32. The fourth-order valence-corrected chi connectivity index (χ4v) is 4.75. The number of likely N-dealkylation sites (N-methyl/N-ethyl adjacent to an activating group) is 1. The van der Waals surface area contributed by atoms with E-state index in [4.69, 9.17) is 4.98 Å². The van der Waals surface area contributed by atoms with Gasteiger partial charge in [0.1, 0.15) is 5.00 Å². The molecule has 0 unspecified atom stereocenters. The number of nitrogens with zero attached hydrogens (tertiary/aromatic N) is 5. The maximum Gasteiger partial charge on any atom is 0.247 e. The number of carbonyl (C=O) groups excluding carboxylic acids is 1. The van der Waals surface area contributed by atoms with Crippen molar-refractivity contribution in [2.45, 2.75) is 0 Å². The number of para-hydroxylation sites is 1. The molecule has 5 rings (SSSR count). The normalized spacial score (nSPS) is 14.2. The SMILES string of the molecule is C=CC(=O)Nc1cccc(-c2cccc3cnc(Nc4cnc(N5CCN(C)CC5)s4)nc23)c1. The lowest BCUT2D eigenvalue weighted by atomic mass is 10.0. The second kappa shape index (κ2) is 9.58. The summed E-state index contributed by atoms with van der Waals surface area (Å²) in [5.74, 6) is 0.272. The first kappa shape index (κ1) is 22.0. The Morgan fingerprint density at radius 1 is 1.09 bits per heavy atom. The van der Waals surface area contributed by atoms with E-state index in [0.717, 1.165) is 58.3 Å². The fourth-order valence-electron chi connectivity index (χ4n) is 3.88. The quantitative estimate of drug-likeness (QED) is 0.404. The molecule has 34 heavy (non-hydrogen) atoms. The van der Waals surface area contributed by atoms with E-state index in [2.05, 4.69) is 44.0 Å². The lowest BCUT2D eigenvalue weighted by Gasteiger charge is -2.31. The van der Waals surface area contributed by atoms with Gasteiger partial charge in [0, 0.05) is 49.0 Å². The summed E-state index contributed by atoms with van der Waals surface area (Å²) in [5.41, 5.74) is 3.44. The smallest absolute Gasteiger partial charge is 0.247 e. The molecular weight excluding hydrogens is 446 g/mol. The molecule has 0 bridgehead atoms. The third kappa shape index (κ3) is 4.75. The van der Waals surface area contributed by atoms with Crippen LogP contribution in [0.15, 0.2) is 67.5 Å². The van der Waals surface area contributed by atoms with Crippen molar-refractivity contribution in [2.75, 3.05) is 48.8 Å². The van der Waals surface area contributed by atoms with Crippen LogP contribution in [0.2, 0.25) is 0 Å². The minimum atomic E-state index is -0.246. The Morgan fingerprint density at radius 3 is 2.74 bits per heavy atom. The number of amides is 1. The first-order valence-electron chi connectivity index (χ1n) is 11.0. The van der Waals surface area contributed by atoms with Gasteiger partial charge in [0.15, 0.2) is 5.13 Å². The van der Waals surface area contributed by atoms with Gasteiger partial charge < -0.3 is 20.4 Å². The van der Waals surface area contributed by atoms with Crippen LogP contribution in [0.4, 0.5) is 21.8 Å². The van der Waals surface area contributed by atoms with Gasteiger partial charge in [0.05, 0.1) is 11.7 Å². The number of fused-ring (bicyclic) bond motifs is 1. The number of benzene rings is 2. The van der Waals surface area contributed by atoms with Gasteiger partial charge in [-0.25, -0.2) is 15.0 Å². The zero-order valence-electron chi connectivity index (χ0n) is 18.9. The molecule has 0 aliphatic carbocycles. The van der Waals surface area contributed by atoms with Gasteiger partial charge in [0.2, 0.25) is 11.9 Å². The second-order valence-electron chi connectivity index (χ2n) is 8.13. The van der Waals surface area contributed by atoms with Crippen molar-refractivity contribution in [3.05, 3.63) is 67.5 Å². The molecule has 172 valence electrons. The molecule has 1 fully saturated rings. The molecule has 3 heterocycles. The number of hydrogen-bond donors (Lipinski definition) is 2. The van der Waals surface area contributed by atoms with E-state index in [1.807, 2.05) is 54.9 Å². The fraction of sp³-hybridized carbons (Fsp3) is 0.200. The summed E-state index contributed by atoms with van der Waals surface area (Å²) < 4.78 is 0. The molecular formula is C25H25N7OS. The summed E-state index contributed by atoms with van der Waals surface area (Å²) >= 11 is 1.61. The molecule has 1 aliphatic heterocycles. The van der Waals surface area contributed by atoms with Gasteiger partial charge in [-0.3, -0.25) is 4.79 Å². The number of rotatable bonds is 6. The Hall–Kier alpha value is -3.82. The number of hydrogen-bond acceptors (Lipinski definition) is 8. The largest absolute Gasteiger partial charge is 0.345 e. The third-order valence-electron chi connectivity index (χ3n) is 5.74. The maximum atomic E-state index is 11.7. The van der Waals surface area contributed by atoms with Crippen LogP contribution >= 0.6 is 11.3 Å². The van der Waals surface area contributed by atoms with Crippen molar-refractivity contribution < 1.29 is 4.79 Å². The van der Waals surface area contributed by atoms with Gasteiger partial charge in [-0.05, 0) is 30.8 Å². The van der Waals surface area contributed by atoms with Crippen LogP contribution in [0.5, 0.6) is 0 Å². The van der Waals surface area contributed by atoms with Crippen molar-refractivity contribution in [2.24, 2.45) is 0 Å². The van der Waals surface area contributed by atoms with Crippen LogP contribution in [-0.4, -0.2) is 59.0 Å². The van der Waals surface area contributed by atoms with Crippen molar-refractivity contribution >= 4 is 49.9 Å². The van der Waals surface area contributed by atoms with Crippen LogP contribution < -0.4 is 15.5 Å². The number of piperazine rings is 1. The molecule has 2 aromatic heterocycles. The van der Waals surface area contributed by atoms with Crippen LogP contribution in [-0.2, 0) is 4.79 Å². The standard InChI is InChI=1S/C25H25N7OS/c1-3-21(33)28-19-8-4-6-17(14-19)20-9-5-7-18-15-26-24(30-23(18)20)29-22-16-27-25(34-22)32-12-10-31(2)11-13-32/h3-9,14-16H,1,10-13H2,2H3,(H,28,33)(H,26,29,30). The Bertz CT molecular complexity index is 1340. The summed E-state index contributed by atoms with van der Waals surface area (Å²) in [6.45, 7) is 7.54. The lowest BCUT2D eigenvalue weighted by molar-refractivity contribution is -0.111. The number of anilines is 4. The summed E-state index contributed by atoms with van der Waals surface area (Å²) in [6.07, 6.45) is 4.91. The lowest BCUT2D eigenvalue weighted by Crippen LogP contribution is -2.44. The third-order valence-corrected chi connectivity index (χ3v) is 6.71. The van der Waals surface area contributed by atoms with Gasteiger partial charge in [-0.1, -0.05) is 48.2 Å². The van der Waals surface area contributed by atoms with E-state index in [1.165, 1.54) is 6.08 Å². The van der Waals surface area contributed by atoms with Crippen LogP contribution in [0.3, 0.4) is 0 Å². The van der Waals surface area contributed by atoms with Gasteiger partial charge >= 0.3 is 0 Å². The summed E-state index contributed by atoms with van der Waals surface area (Å²) in [5, 5.41) is 8.98. The highest BCUT2D eigenvalue weighted by molar-refractivity contribution is 7.19. The molecule has 0 atom stereocenters. The minimum Gasteiger partial charge on any atom is -0.345 e. The highest BCUT2D eigenvalue weighted by Gasteiger charge is 2.17. The van der Waals surface area contributed by atoms with E-state index in [9.17, 15) is 4.79 Å². The monoisotopic (exact) mass is 471 g/mol. The van der Waals surface area contributed by atoms with Crippen molar-refractivity contribution in [3.63, 3.8) is 0 Å². The van der Waals surface area contributed by atoms with E-state index < -0.39 is 0 Å². The predicted octanol–water partition coefficient (Wildman–Crippen LogP) is 4.37. The van der Waals surface area contributed by atoms with Gasteiger partial charge in [0.25, 0.3) is 0 Å². The van der Waals surface area contributed by atoms with E-state index in [1.54, 1.807) is 11.3 Å². The molecule has 1 amide bonds. The predicted molar refractivity (Wildman–Crippen MR) is 139 cm³/mol. The first-order chi connectivity index (χ1) is 16.6. The Labute approximate surface area is 202 Å². The zero-order chi connectivity index (χ0) is 23.5. The van der Waals surface area contributed by atoms with E-state index in [-0.39, 0.29) is 5.91 Å². The number of carbonyl (C=O) groups is 1. The zero-order valence-corrected chi connectivity index (χ0v) is 19.7. The molecule has 4 aromatic rings. The average Bonchev–Trinajstić information content (AvgIpc) is 3.32. The second-order valence-corrected chi connectivity index (χ2v) is 9.14. The molecule has 2 N–H and O–H groups in total. The van der Waals surface area contributed by atoms with E-state index in [0.29, 0.717) is 11.6 Å². The molecule has 2 aromatic carbocycles. The van der Waals surface area contributed by atoms with Crippen molar-refractivity contribution in [3.8, 4) is 11.1 Å². The van der Waals surface area contributed by atoms with Crippen molar-refractivity contribution in [1.29, 1.82) is 0 Å². The van der Waals surface area contributed by atoms with Crippen LogP contribution in [0, 0.1) is 0 Å². The van der Waals surface area contributed by atoms with Crippen molar-refractivity contribution in [1.82, 2.24) is 19.9 Å². The number of thiazole rings is 1. The summed E-state index contributed by atoms with van der Waals surface area (Å²) in [6, 6.07) is 13.7. The van der Waals surface area contributed by atoms with Gasteiger partial charge in [-0.15, -0.1) is 0 Å². The summed E-state index contributed by atoms with van der Waals surface area (Å²) in [7, 11) is 2.14. The Balaban J connectivity index is 1.41. The molecule has 0 saturated carbocycles. The molecule has 1 aliphatic rings. The average molecular weight is 472 g/mol. The van der Waals surface area contributed by atoms with E-state index >= 15 is 0 Å². The minimum absolute atomic E-state index is 0.246. The maximum absolute atomic E-state index is 11.7. The summed E-state index contributed by atoms with van der Waals surface area (Å²) in [4.78, 5) is 30.3. The van der Waals surface area contributed by atoms with Crippen LogP contribution in [0.1, 0.15) is 0 Å². The number of aromatic nitrogens is 3. The molecule has 1 saturated heterocycles. The Kier molecular flexibility index (Phi) is 6.20.